The topological polar surface area (TPSA) is 57.7 Å². The van der Waals surface area contributed by atoms with Crippen molar-refractivity contribution in [2.45, 2.75) is 23.2 Å². The predicted molar refractivity (Wildman–Crippen MR) is 78.7 cm³/mol. The van der Waals surface area contributed by atoms with Crippen LogP contribution in [-0.2, 0) is 14.6 Å². The summed E-state index contributed by atoms with van der Waals surface area (Å²) in [5.74, 6) is -1.13. The average Bonchev–Trinajstić information content (AvgIpc) is 2.88. The maximum atomic E-state index is 13.3. The molecule has 134 valence electrons. The molecule has 0 spiro atoms. The summed E-state index contributed by atoms with van der Waals surface area (Å²) in [5, 5.41) is 0. The number of amides is 1. The van der Waals surface area contributed by atoms with Crippen molar-refractivity contribution in [1.29, 1.82) is 0 Å². The Morgan fingerprint density at radius 2 is 1.96 bits per heavy atom. The molecule has 0 saturated carbocycles. The monoisotopic (exact) mass is 368 g/mol. The van der Waals surface area contributed by atoms with Crippen LogP contribution in [0.5, 0.6) is 0 Å². The van der Waals surface area contributed by atoms with Crippen LogP contribution >= 0.6 is 0 Å². The van der Waals surface area contributed by atoms with Gasteiger partial charge in [0.15, 0.2) is 0 Å². The van der Waals surface area contributed by atoms with E-state index < -0.39 is 26.1 Å². The molecule has 1 aliphatic heterocycles. The Bertz CT molecular complexity index is 734. The Kier molecular flexibility index (Phi) is 5.07. The summed E-state index contributed by atoms with van der Waals surface area (Å²) >= 11 is 0. The number of likely N-dealkylation sites (N-methyl/N-ethyl adjacent to an activating group) is 1. The van der Waals surface area contributed by atoms with Crippen LogP contribution in [-0.4, -0.2) is 51.4 Å². The van der Waals surface area contributed by atoms with Gasteiger partial charge in [-0.15, -0.1) is 0 Å². The highest BCUT2D eigenvalue weighted by atomic mass is 32.2. The molecule has 1 amide bonds. The van der Waals surface area contributed by atoms with Gasteiger partial charge in [-0.25, -0.2) is 12.8 Å². The van der Waals surface area contributed by atoms with Gasteiger partial charge in [0.25, 0.3) is 9.84 Å². The molecular weight excluding hydrogens is 352 g/mol. The molecule has 0 bridgehead atoms. The van der Waals surface area contributed by atoms with Gasteiger partial charge in [0.2, 0.25) is 5.91 Å². The third-order valence-electron chi connectivity index (χ3n) is 3.80. The average molecular weight is 368 g/mol. The van der Waals surface area contributed by atoms with Crippen molar-refractivity contribution < 1.29 is 30.8 Å². The van der Waals surface area contributed by atoms with Crippen LogP contribution in [0.4, 0.5) is 23.2 Å². The van der Waals surface area contributed by atoms with Gasteiger partial charge in [0.05, 0.1) is 5.69 Å². The van der Waals surface area contributed by atoms with E-state index in [-0.39, 0.29) is 24.7 Å². The molecule has 0 radical (unpaired) electrons. The zero-order valence-corrected chi connectivity index (χ0v) is 13.6. The third-order valence-corrected chi connectivity index (χ3v) is 5.32. The molecule has 1 aromatic rings. The number of hydrogen-bond acceptors (Lipinski definition) is 4. The van der Waals surface area contributed by atoms with Crippen molar-refractivity contribution >= 4 is 21.4 Å². The third kappa shape index (κ3) is 3.63. The first kappa shape index (κ1) is 18.5. The number of hydrogen-bond donors (Lipinski definition) is 0. The van der Waals surface area contributed by atoms with Crippen LogP contribution in [0, 0.1) is 5.82 Å². The summed E-state index contributed by atoms with van der Waals surface area (Å²) in [4.78, 5) is 13.2. The normalized spacial score (nSPS) is 15.9. The second-order valence-corrected chi connectivity index (χ2v) is 7.38. The first-order valence-electron chi connectivity index (χ1n) is 7.14. The summed E-state index contributed by atoms with van der Waals surface area (Å²) in [5.41, 5.74) is -5.79. The van der Waals surface area contributed by atoms with E-state index in [1.807, 2.05) is 0 Å². The SMILES string of the molecule is CN(CCN1CCCC1=O)c1ccc(F)cc1S(=O)(=O)C(F)(F)F. The lowest BCUT2D eigenvalue weighted by Crippen LogP contribution is -2.35. The summed E-state index contributed by atoms with van der Waals surface area (Å²) in [6.07, 6.45) is 1.14. The lowest BCUT2D eigenvalue weighted by Gasteiger charge is -2.25. The van der Waals surface area contributed by atoms with Gasteiger partial charge in [-0.2, -0.15) is 13.2 Å². The molecule has 0 unspecified atom stereocenters. The Balaban J connectivity index is 2.28. The molecule has 1 aromatic carbocycles. The van der Waals surface area contributed by atoms with Gasteiger partial charge in [0.1, 0.15) is 10.7 Å². The van der Waals surface area contributed by atoms with Crippen molar-refractivity contribution in [3.63, 3.8) is 0 Å². The Morgan fingerprint density at radius 3 is 2.50 bits per heavy atom. The number of carbonyl (C=O) groups is 1. The van der Waals surface area contributed by atoms with Gasteiger partial charge in [-0.05, 0) is 24.6 Å². The molecule has 1 fully saturated rings. The Hall–Kier alpha value is -1.84. The molecule has 0 N–H and O–H groups in total. The van der Waals surface area contributed by atoms with Crippen molar-refractivity contribution in [1.82, 2.24) is 4.90 Å². The highest BCUT2D eigenvalue weighted by molar-refractivity contribution is 7.92. The molecule has 0 aromatic heterocycles. The fourth-order valence-corrected chi connectivity index (χ4v) is 3.49. The van der Waals surface area contributed by atoms with Crippen LogP contribution in [0.1, 0.15) is 12.8 Å². The van der Waals surface area contributed by atoms with E-state index in [0.717, 1.165) is 12.1 Å². The Morgan fingerprint density at radius 1 is 1.29 bits per heavy atom. The lowest BCUT2D eigenvalue weighted by molar-refractivity contribution is -0.127. The van der Waals surface area contributed by atoms with Gasteiger partial charge in [-0.1, -0.05) is 0 Å². The van der Waals surface area contributed by atoms with Crippen LogP contribution < -0.4 is 4.90 Å². The summed E-state index contributed by atoms with van der Waals surface area (Å²) < 4.78 is 75.0. The van der Waals surface area contributed by atoms with E-state index >= 15 is 0 Å². The minimum absolute atomic E-state index is 0.0503. The van der Waals surface area contributed by atoms with E-state index in [2.05, 4.69) is 0 Å². The molecule has 1 heterocycles. The van der Waals surface area contributed by atoms with E-state index in [9.17, 15) is 30.8 Å². The largest absolute Gasteiger partial charge is 0.501 e. The highest BCUT2D eigenvalue weighted by Crippen LogP contribution is 2.36. The fraction of sp³-hybridized carbons (Fsp3) is 0.500. The molecule has 1 saturated heterocycles. The molecule has 10 heteroatoms. The number of likely N-dealkylation sites (tertiary alicyclic amines) is 1. The number of carbonyl (C=O) groups excluding carboxylic acids is 1. The summed E-state index contributed by atoms with van der Waals surface area (Å²) in [6, 6.07) is 2.23. The lowest BCUT2D eigenvalue weighted by atomic mass is 10.3. The van der Waals surface area contributed by atoms with Crippen LogP contribution in [0.2, 0.25) is 0 Å². The van der Waals surface area contributed by atoms with Crippen molar-refractivity contribution in [3.05, 3.63) is 24.0 Å². The first-order valence-corrected chi connectivity index (χ1v) is 8.62. The molecule has 5 nitrogen and oxygen atoms in total. The van der Waals surface area contributed by atoms with Gasteiger partial charge in [0, 0.05) is 33.1 Å². The highest BCUT2D eigenvalue weighted by Gasteiger charge is 2.48. The number of anilines is 1. The fourth-order valence-electron chi connectivity index (χ4n) is 2.47. The summed E-state index contributed by atoms with van der Waals surface area (Å²) in [7, 11) is -4.29. The molecule has 1 aliphatic rings. The molecule has 24 heavy (non-hydrogen) atoms. The number of benzene rings is 1. The number of alkyl halides is 3. The zero-order chi connectivity index (χ0) is 18.1. The summed E-state index contributed by atoms with van der Waals surface area (Å²) in [6.45, 7) is 0.930. The molecule has 2 rings (SSSR count). The first-order chi connectivity index (χ1) is 11.0. The van der Waals surface area contributed by atoms with Crippen LogP contribution in [0.15, 0.2) is 23.1 Å². The minimum Gasteiger partial charge on any atom is -0.372 e. The quantitative estimate of drug-likeness (QED) is 0.748. The molecule has 0 aliphatic carbocycles. The van der Waals surface area contributed by atoms with E-state index in [0.29, 0.717) is 25.5 Å². The van der Waals surface area contributed by atoms with Crippen molar-refractivity contribution in [3.8, 4) is 0 Å². The maximum Gasteiger partial charge on any atom is 0.501 e. The van der Waals surface area contributed by atoms with Crippen molar-refractivity contribution in [2.24, 2.45) is 0 Å². The minimum atomic E-state index is -5.68. The number of nitrogens with zero attached hydrogens (tertiary/aromatic N) is 2. The van der Waals surface area contributed by atoms with Crippen LogP contribution in [0.25, 0.3) is 0 Å². The molecule has 0 atom stereocenters. The van der Waals surface area contributed by atoms with Crippen molar-refractivity contribution in [2.75, 3.05) is 31.6 Å². The standard InChI is InChI=1S/C14H16F4N2O3S/c1-19(7-8-20-6-2-3-13(20)21)11-5-4-10(15)9-12(11)24(22,23)14(16,17)18/h4-5,9H,2-3,6-8H2,1H3. The van der Waals surface area contributed by atoms with E-state index in [4.69, 9.17) is 0 Å². The van der Waals surface area contributed by atoms with Gasteiger partial charge in [-0.3, -0.25) is 4.79 Å². The second-order valence-electron chi connectivity index (χ2n) is 5.47. The predicted octanol–water partition coefficient (Wildman–Crippen LogP) is 2.18. The maximum absolute atomic E-state index is 13.3. The number of halogens is 4. The van der Waals surface area contributed by atoms with Gasteiger partial charge >= 0.3 is 5.51 Å². The number of sulfone groups is 1. The van der Waals surface area contributed by atoms with Gasteiger partial charge < -0.3 is 9.80 Å². The Labute approximate surface area is 136 Å². The van der Waals surface area contributed by atoms with E-state index in [1.54, 1.807) is 4.90 Å². The van der Waals surface area contributed by atoms with E-state index in [1.165, 1.54) is 11.9 Å². The number of rotatable bonds is 5. The zero-order valence-electron chi connectivity index (χ0n) is 12.8. The second kappa shape index (κ2) is 6.58. The molecular formula is C14H16F4N2O3S. The smallest absolute Gasteiger partial charge is 0.372 e. The van der Waals surface area contributed by atoms with Crippen LogP contribution in [0.3, 0.4) is 0 Å².